The molecule has 2 unspecified atom stereocenters. The molecule has 2 aromatic rings. The summed E-state index contributed by atoms with van der Waals surface area (Å²) in [6, 6.07) is 0.522. The molecule has 0 saturated carbocycles. The van der Waals surface area contributed by atoms with Gasteiger partial charge in [0.05, 0.1) is 0 Å². The van der Waals surface area contributed by atoms with Crippen LogP contribution in [0, 0.1) is 0 Å². The molecule has 0 radical (unpaired) electrons. The van der Waals surface area contributed by atoms with Crippen molar-refractivity contribution in [2.24, 2.45) is 0 Å². The largest absolute Gasteiger partial charge is 0.314 e. The number of fused-ring (bicyclic) bond motifs is 1. The molecular weight excluding hydrogens is 222 g/mol. The molecule has 3 heterocycles. The normalized spacial score (nSPS) is 25.6. The maximum Gasteiger partial charge on any atom is 0.234 e. The van der Waals surface area contributed by atoms with Crippen molar-refractivity contribution in [1.82, 2.24) is 25.1 Å². The van der Waals surface area contributed by atoms with Crippen molar-refractivity contribution in [3.63, 3.8) is 0 Å². The molecule has 5 nitrogen and oxygen atoms in total. The predicted molar refractivity (Wildman–Crippen MR) is 62.9 cm³/mol. The van der Waals surface area contributed by atoms with E-state index in [-0.39, 0.29) is 0 Å². The van der Waals surface area contributed by atoms with E-state index in [1.54, 1.807) is 11.3 Å². The number of nitrogens with one attached hydrogen (secondary N) is 1. The summed E-state index contributed by atoms with van der Waals surface area (Å²) in [5.74, 6) is 1.49. The van der Waals surface area contributed by atoms with Gasteiger partial charge in [-0.25, -0.2) is 0 Å². The van der Waals surface area contributed by atoms with Crippen LogP contribution in [0.3, 0.4) is 0 Å². The molecule has 2 atom stereocenters. The first kappa shape index (κ1) is 10.2. The van der Waals surface area contributed by atoms with Gasteiger partial charge in [-0.15, -0.1) is 10.2 Å². The van der Waals surface area contributed by atoms with E-state index in [1.807, 2.05) is 4.52 Å². The lowest BCUT2D eigenvalue weighted by Crippen LogP contribution is -2.21. The van der Waals surface area contributed by atoms with Crippen LogP contribution in [-0.4, -0.2) is 32.4 Å². The minimum Gasteiger partial charge on any atom is -0.314 e. The molecule has 1 aliphatic rings. The van der Waals surface area contributed by atoms with E-state index in [0.717, 1.165) is 23.8 Å². The van der Waals surface area contributed by atoms with Crippen molar-refractivity contribution in [3.05, 3.63) is 10.8 Å². The van der Waals surface area contributed by atoms with Gasteiger partial charge in [0.2, 0.25) is 4.96 Å². The molecule has 1 fully saturated rings. The summed E-state index contributed by atoms with van der Waals surface area (Å²) in [5.41, 5.74) is 0. The van der Waals surface area contributed by atoms with Gasteiger partial charge in [0, 0.05) is 18.4 Å². The Labute approximate surface area is 97.9 Å². The van der Waals surface area contributed by atoms with E-state index in [1.165, 1.54) is 11.4 Å². The molecule has 0 bridgehead atoms. The Kier molecular flexibility index (Phi) is 2.40. The molecule has 0 aliphatic carbocycles. The average molecular weight is 237 g/mol. The van der Waals surface area contributed by atoms with Crippen LogP contribution >= 0.6 is 11.3 Å². The number of nitrogens with zero attached hydrogens (tertiary/aromatic N) is 4. The lowest BCUT2D eigenvalue weighted by Gasteiger charge is -2.10. The molecule has 6 heteroatoms. The highest BCUT2D eigenvalue weighted by Crippen LogP contribution is 2.30. The summed E-state index contributed by atoms with van der Waals surface area (Å²) < 4.78 is 1.89. The molecule has 3 rings (SSSR count). The second-order valence-electron chi connectivity index (χ2n) is 4.24. The Balaban J connectivity index is 2.01. The van der Waals surface area contributed by atoms with Gasteiger partial charge in [0.25, 0.3) is 0 Å². The second-order valence-corrected chi connectivity index (χ2v) is 5.23. The van der Waals surface area contributed by atoms with Crippen molar-refractivity contribution in [2.75, 3.05) is 6.54 Å². The van der Waals surface area contributed by atoms with Crippen molar-refractivity contribution >= 4 is 16.3 Å². The van der Waals surface area contributed by atoms with Crippen molar-refractivity contribution in [3.8, 4) is 0 Å². The van der Waals surface area contributed by atoms with E-state index in [0.29, 0.717) is 12.0 Å². The molecule has 0 spiro atoms. The number of hydrogen-bond donors (Lipinski definition) is 1. The van der Waals surface area contributed by atoms with E-state index in [2.05, 4.69) is 34.5 Å². The zero-order valence-corrected chi connectivity index (χ0v) is 10.3. The fraction of sp³-hybridized carbons (Fsp3) is 0.700. The Bertz CT molecular complexity index is 502. The number of hydrogen-bond acceptors (Lipinski definition) is 5. The number of aromatic nitrogens is 4. The molecule has 1 saturated heterocycles. The average Bonchev–Trinajstić information content (AvgIpc) is 2.90. The topological polar surface area (TPSA) is 55.1 Å². The third kappa shape index (κ3) is 1.44. The first-order valence-electron chi connectivity index (χ1n) is 5.74. The van der Waals surface area contributed by atoms with Crippen molar-refractivity contribution < 1.29 is 0 Å². The quantitative estimate of drug-likeness (QED) is 0.853. The highest BCUT2D eigenvalue weighted by atomic mass is 32.1. The Morgan fingerprint density at radius 2 is 2.38 bits per heavy atom. The Morgan fingerprint density at radius 3 is 3.06 bits per heavy atom. The third-order valence-corrected chi connectivity index (χ3v) is 4.26. The number of aryl methyl sites for hydroxylation is 1. The van der Waals surface area contributed by atoms with E-state index < -0.39 is 0 Å². The smallest absolute Gasteiger partial charge is 0.234 e. The first-order valence-corrected chi connectivity index (χ1v) is 6.55. The van der Waals surface area contributed by atoms with Gasteiger partial charge < -0.3 is 5.32 Å². The molecule has 1 N–H and O–H groups in total. The van der Waals surface area contributed by atoms with Crippen LogP contribution in [0.25, 0.3) is 4.96 Å². The van der Waals surface area contributed by atoms with Crippen molar-refractivity contribution in [1.29, 1.82) is 0 Å². The Morgan fingerprint density at radius 1 is 1.50 bits per heavy atom. The second kappa shape index (κ2) is 3.78. The highest BCUT2D eigenvalue weighted by molar-refractivity contribution is 7.16. The van der Waals surface area contributed by atoms with E-state index in [9.17, 15) is 0 Å². The summed E-state index contributed by atoms with van der Waals surface area (Å²) in [4.78, 5) is 0.922. The molecule has 0 aromatic carbocycles. The monoisotopic (exact) mass is 237 g/mol. The first-order chi connectivity index (χ1) is 7.79. The van der Waals surface area contributed by atoms with Crippen LogP contribution < -0.4 is 5.32 Å². The van der Waals surface area contributed by atoms with Gasteiger partial charge >= 0.3 is 0 Å². The summed E-state index contributed by atoms with van der Waals surface area (Å²) in [5, 5.41) is 17.6. The molecule has 0 amide bonds. The van der Waals surface area contributed by atoms with Gasteiger partial charge in [-0.05, 0) is 19.9 Å². The van der Waals surface area contributed by atoms with E-state index >= 15 is 0 Å². The predicted octanol–water partition coefficient (Wildman–Crippen LogP) is 1.21. The molecule has 16 heavy (non-hydrogen) atoms. The summed E-state index contributed by atoms with van der Waals surface area (Å²) >= 11 is 1.67. The fourth-order valence-electron chi connectivity index (χ4n) is 2.24. The minimum absolute atomic E-state index is 0.522. The van der Waals surface area contributed by atoms with Crippen LogP contribution in [0.4, 0.5) is 0 Å². The van der Waals surface area contributed by atoms with Gasteiger partial charge in [-0.1, -0.05) is 18.3 Å². The minimum atomic E-state index is 0.522. The SMILES string of the molecule is CCc1nnc2sc(C3CCNC3C)nn12. The molecule has 1 aliphatic heterocycles. The van der Waals surface area contributed by atoms with Crippen LogP contribution in [0.1, 0.15) is 37.0 Å². The van der Waals surface area contributed by atoms with Crippen LogP contribution in [-0.2, 0) is 6.42 Å². The zero-order chi connectivity index (χ0) is 11.1. The van der Waals surface area contributed by atoms with Gasteiger partial charge in [0.15, 0.2) is 5.82 Å². The maximum absolute atomic E-state index is 4.65. The fourth-order valence-corrected chi connectivity index (χ4v) is 3.34. The highest BCUT2D eigenvalue weighted by Gasteiger charge is 2.28. The summed E-state index contributed by atoms with van der Waals surface area (Å²) in [6.07, 6.45) is 2.05. The summed E-state index contributed by atoms with van der Waals surface area (Å²) in [6.45, 7) is 5.39. The standard InChI is InChI=1S/C10H15N5S/c1-3-8-12-13-10-15(8)14-9(16-10)7-4-5-11-6(7)2/h6-7,11H,3-5H2,1-2H3. The van der Waals surface area contributed by atoms with Crippen LogP contribution in [0.2, 0.25) is 0 Å². The summed E-state index contributed by atoms with van der Waals surface area (Å²) in [7, 11) is 0. The van der Waals surface area contributed by atoms with E-state index in [4.69, 9.17) is 0 Å². The lowest BCUT2D eigenvalue weighted by atomic mass is 10.0. The molecular formula is C10H15N5S. The molecule has 86 valence electrons. The zero-order valence-electron chi connectivity index (χ0n) is 9.47. The van der Waals surface area contributed by atoms with Crippen molar-refractivity contribution in [2.45, 2.75) is 38.6 Å². The third-order valence-electron chi connectivity index (χ3n) is 3.23. The lowest BCUT2D eigenvalue weighted by molar-refractivity contribution is 0.583. The van der Waals surface area contributed by atoms with Gasteiger partial charge in [-0.3, -0.25) is 0 Å². The molecule has 2 aromatic heterocycles. The van der Waals surface area contributed by atoms with Crippen LogP contribution in [0.5, 0.6) is 0 Å². The maximum atomic E-state index is 4.65. The van der Waals surface area contributed by atoms with Gasteiger partial charge in [0.1, 0.15) is 5.01 Å². The Hall–Kier alpha value is -1.01. The van der Waals surface area contributed by atoms with Crippen LogP contribution in [0.15, 0.2) is 0 Å². The number of rotatable bonds is 2. The van der Waals surface area contributed by atoms with Gasteiger partial charge in [-0.2, -0.15) is 9.61 Å².